The van der Waals surface area contributed by atoms with E-state index in [0.717, 1.165) is 0 Å². The van der Waals surface area contributed by atoms with Crippen LogP contribution in [0.1, 0.15) is 24.5 Å². The van der Waals surface area contributed by atoms with E-state index in [0.29, 0.717) is 17.5 Å². The lowest BCUT2D eigenvalue weighted by Crippen LogP contribution is -2.43. The SMILES string of the molecule is CC1(NCc2cc(C#N)ccc2F)CCS(=O)(=O)C1. The molecule has 1 unspecified atom stereocenters. The third-order valence-electron chi connectivity index (χ3n) is 3.38. The summed E-state index contributed by atoms with van der Waals surface area (Å²) in [4.78, 5) is 0. The predicted molar refractivity (Wildman–Crippen MR) is 69.6 cm³/mol. The van der Waals surface area contributed by atoms with Gasteiger partial charge in [0.05, 0.1) is 23.1 Å². The van der Waals surface area contributed by atoms with Gasteiger partial charge >= 0.3 is 0 Å². The summed E-state index contributed by atoms with van der Waals surface area (Å²) in [6, 6.07) is 6.11. The number of hydrogen-bond acceptors (Lipinski definition) is 4. The second kappa shape index (κ2) is 4.91. The van der Waals surface area contributed by atoms with Crippen LogP contribution in [0.2, 0.25) is 0 Å². The van der Waals surface area contributed by atoms with Gasteiger partial charge in [0, 0.05) is 17.6 Å². The topological polar surface area (TPSA) is 70.0 Å². The van der Waals surface area contributed by atoms with Crippen molar-refractivity contribution in [2.75, 3.05) is 11.5 Å². The van der Waals surface area contributed by atoms with Crippen LogP contribution in [0.15, 0.2) is 18.2 Å². The molecule has 4 nitrogen and oxygen atoms in total. The van der Waals surface area contributed by atoms with Crippen molar-refractivity contribution in [3.63, 3.8) is 0 Å². The van der Waals surface area contributed by atoms with Crippen molar-refractivity contribution >= 4 is 9.84 Å². The summed E-state index contributed by atoms with van der Waals surface area (Å²) in [5, 5.41) is 11.9. The van der Waals surface area contributed by atoms with Crippen LogP contribution < -0.4 is 5.32 Å². The third kappa shape index (κ3) is 3.31. The van der Waals surface area contributed by atoms with Crippen molar-refractivity contribution in [2.24, 2.45) is 0 Å². The van der Waals surface area contributed by atoms with Gasteiger partial charge in [0.15, 0.2) is 9.84 Å². The Balaban J connectivity index is 2.10. The molecule has 1 fully saturated rings. The van der Waals surface area contributed by atoms with Gasteiger partial charge in [0.1, 0.15) is 5.82 Å². The van der Waals surface area contributed by atoms with E-state index in [1.54, 1.807) is 0 Å². The van der Waals surface area contributed by atoms with Crippen LogP contribution in [-0.2, 0) is 16.4 Å². The Bertz CT molecular complexity index is 637. The van der Waals surface area contributed by atoms with Gasteiger partial charge in [-0.1, -0.05) is 0 Å². The molecule has 1 aromatic carbocycles. The fraction of sp³-hybridized carbons (Fsp3) is 0.462. The standard InChI is InChI=1S/C13H15FN2O2S/c1-13(4-5-19(17,18)9-13)16-8-11-6-10(7-15)2-3-12(11)14/h2-3,6,16H,4-5,8-9H2,1H3. The predicted octanol–water partition coefficient (Wildman–Crippen LogP) is 1.36. The van der Waals surface area contributed by atoms with Gasteiger partial charge in [0.25, 0.3) is 0 Å². The van der Waals surface area contributed by atoms with Crippen molar-refractivity contribution in [1.82, 2.24) is 5.32 Å². The van der Waals surface area contributed by atoms with Crippen molar-refractivity contribution in [1.29, 1.82) is 5.26 Å². The molecule has 1 N–H and O–H groups in total. The maximum absolute atomic E-state index is 13.6. The van der Waals surface area contributed by atoms with Crippen LogP contribution in [0.3, 0.4) is 0 Å². The molecule has 0 radical (unpaired) electrons. The Kier molecular flexibility index (Phi) is 3.61. The fourth-order valence-electron chi connectivity index (χ4n) is 2.24. The average molecular weight is 282 g/mol. The molecule has 0 saturated carbocycles. The molecule has 0 spiro atoms. The normalized spacial score (nSPS) is 25.1. The Labute approximate surface area is 112 Å². The summed E-state index contributed by atoms with van der Waals surface area (Å²) < 4.78 is 36.5. The molecule has 19 heavy (non-hydrogen) atoms. The Hall–Kier alpha value is -1.45. The first-order chi connectivity index (χ1) is 8.84. The molecule has 1 atom stereocenters. The van der Waals surface area contributed by atoms with E-state index in [1.807, 2.05) is 13.0 Å². The molecule has 0 amide bonds. The van der Waals surface area contributed by atoms with E-state index in [1.165, 1.54) is 18.2 Å². The third-order valence-corrected chi connectivity index (χ3v) is 5.29. The van der Waals surface area contributed by atoms with Crippen LogP contribution in [0, 0.1) is 17.1 Å². The first kappa shape index (κ1) is 14.0. The molecule has 0 aromatic heterocycles. The van der Waals surface area contributed by atoms with E-state index in [9.17, 15) is 12.8 Å². The van der Waals surface area contributed by atoms with Crippen LogP contribution in [0.5, 0.6) is 0 Å². The molecular weight excluding hydrogens is 267 g/mol. The first-order valence-electron chi connectivity index (χ1n) is 5.98. The molecule has 1 heterocycles. The maximum Gasteiger partial charge on any atom is 0.152 e. The maximum atomic E-state index is 13.6. The lowest BCUT2D eigenvalue weighted by molar-refractivity contribution is 0.391. The summed E-state index contributed by atoms with van der Waals surface area (Å²) in [7, 11) is -2.99. The molecule has 1 aliphatic rings. The van der Waals surface area contributed by atoms with Crippen molar-refractivity contribution < 1.29 is 12.8 Å². The monoisotopic (exact) mass is 282 g/mol. The zero-order valence-corrected chi connectivity index (χ0v) is 11.4. The van der Waals surface area contributed by atoms with Gasteiger partial charge in [-0.3, -0.25) is 0 Å². The smallest absolute Gasteiger partial charge is 0.152 e. The summed E-state index contributed by atoms with van der Waals surface area (Å²) >= 11 is 0. The first-order valence-corrected chi connectivity index (χ1v) is 7.80. The van der Waals surface area contributed by atoms with Crippen molar-refractivity contribution in [2.45, 2.75) is 25.4 Å². The molecule has 6 heteroatoms. The number of halogens is 1. The number of rotatable bonds is 3. The number of hydrogen-bond donors (Lipinski definition) is 1. The van der Waals surface area contributed by atoms with E-state index < -0.39 is 21.2 Å². The van der Waals surface area contributed by atoms with E-state index >= 15 is 0 Å². The minimum absolute atomic E-state index is 0.0690. The fourth-order valence-corrected chi connectivity index (χ4v) is 4.36. The van der Waals surface area contributed by atoms with E-state index in [2.05, 4.69) is 5.32 Å². The van der Waals surface area contributed by atoms with Crippen LogP contribution in [0.25, 0.3) is 0 Å². The lowest BCUT2D eigenvalue weighted by atomic mass is 10.0. The van der Waals surface area contributed by atoms with Gasteiger partial charge in [-0.25, -0.2) is 12.8 Å². The van der Waals surface area contributed by atoms with Crippen LogP contribution in [0.4, 0.5) is 4.39 Å². The highest BCUT2D eigenvalue weighted by molar-refractivity contribution is 7.91. The lowest BCUT2D eigenvalue weighted by Gasteiger charge is -2.24. The van der Waals surface area contributed by atoms with Gasteiger partial charge in [-0.15, -0.1) is 0 Å². The molecule has 0 aliphatic carbocycles. The second-order valence-electron chi connectivity index (χ2n) is 5.17. The summed E-state index contributed by atoms with van der Waals surface area (Å²) in [6.45, 7) is 2.04. The molecule has 1 aliphatic heterocycles. The Morgan fingerprint density at radius 2 is 2.26 bits per heavy atom. The number of benzene rings is 1. The number of nitrogens with zero attached hydrogens (tertiary/aromatic N) is 1. The highest BCUT2D eigenvalue weighted by Crippen LogP contribution is 2.23. The average Bonchev–Trinajstić information content (AvgIpc) is 2.63. The molecule has 1 saturated heterocycles. The van der Waals surface area contributed by atoms with Crippen molar-refractivity contribution in [3.05, 3.63) is 35.1 Å². The molecule has 1 aromatic rings. The molecule has 102 valence electrons. The van der Waals surface area contributed by atoms with Gasteiger partial charge in [-0.05, 0) is 31.5 Å². The largest absolute Gasteiger partial charge is 0.306 e. The highest BCUT2D eigenvalue weighted by atomic mass is 32.2. The Morgan fingerprint density at radius 1 is 1.53 bits per heavy atom. The summed E-state index contributed by atoms with van der Waals surface area (Å²) in [6.07, 6.45) is 0.523. The van der Waals surface area contributed by atoms with Gasteiger partial charge in [-0.2, -0.15) is 5.26 Å². The zero-order chi connectivity index (χ0) is 14.1. The molecular formula is C13H15FN2O2S. The van der Waals surface area contributed by atoms with Crippen molar-refractivity contribution in [3.8, 4) is 6.07 Å². The van der Waals surface area contributed by atoms with E-state index in [4.69, 9.17) is 5.26 Å². The van der Waals surface area contributed by atoms with E-state index in [-0.39, 0.29) is 18.1 Å². The molecule has 0 bridgehead atoms. The minimum atomic E-state index is -2.99. The molecule has 2 rings (SSSR count). The summed E-state index contributed by atoms with van der Waals surface area (Å²) in [5.74, 6) is -0.160. The zero-order valence-electron chi connectivity index (χ0n) is 10.6. The van der Waals surface area contributed by atoms with Gasteiger partial charge in [0.2, 0.25) is 0 Å². The Morgan fingerprint density at radius 3 is 2.84 bits per heavy atom. The van der Waals surface area contributed by atoms with Crippen LogP contribution in [-0.4, -0.2) is 25.5 Å². The number of nitriles is 1. The number of nitrogens with one attached hydrogen (secondary N) is 1. The summed E-state index contributed by atoms with van der Waals surface area (Å²) in [5.41, 5.74) is 0.250. The van der Waals surface area contributed by atoms with Gasteiger partial charge < -0.3 is 5.32 Å². The highest BCUT2D eigenvalue weighted by Gasteiger charge is 2.37. The van der Waals surface area contributed by atoms with Crippen LogP contribution >= 0.6 is 0 Å². The number of sulfone groups is 1. The quantitative estimate of drug-likeness (QED) is 0.909. The minimum Gasteiger partial charge on any atom is -0.306 e. The second-order valence-corrected chi connectivity index (χ2v) is 7.36.